The summed E-state index contributed by atoms with van der Waals surface area (Å²) in [5.41, 5.74) is 0.856. The normalized spacial score (nSPS) is 10.4. The highest BCUT2D eigenvalue weighted by molar-refractivity contribution is 9.10. The Kier molecular flexibility index (Phi) is 4.97. The molecule has 1 heterocycles. The minimum Gasteiger partial charge on any atom is -0.477 e. The lowest BCUT2D eigenvalue weighted by atomic mass is 10.2. The van der Waals surface area contributed by atoms with Crippen LogP contribution in [0.5, 0.6) is 0 Å². The lowest BCUT2D eigenvalue weighted by Gasteiger charge is -2.05. The van der Waals surface area contributed by atoms with Crippen molar-refractivity contribution in [2.24, 2.45) is 0 Å². The van der Waals surface area contributed by atoms with E-state index in [2.05, 4.69) is 26.2 Å². The van der Waals surface area contributed by atoms with Crippen molar-refractivity contribution in [3.05, 3.63) is 48.8 Å². The van der Waals surface area contributed by atoms with Gasteiger partial charge in [-0.25, -0.2) is 9.78 Å². The van der Waals surface area contributed by atoms with Gasteiger partial charge in [-0.2, -0.15) is 0 Å². The van der Waals surface area contributed by atoms with E-state index in [1.165, 1.54) is 0 Å². The van der Waals surface area contributed by atoms with Gasteiger partial charge < -0.3 is 10.4 Å². The summed E-state index contributed by atoms with van der Waals surface area (Å²) in [5.74, 6) is -1.32. The first-order chi connectivity index (χ1) is 9.88. The van der Waals surface area contributed by atoms with Crippen LogP contribution < -0.4 is 5.32 Å². The molecule has 0 saturated heterocycles. The molecule has 5 nitrogen and oxygen atoms in total. The maximum absolute atomic E-state index is 12.1. The number of carboxylic acids is 1. The predicted octanol–water partition coefficient (Wildman–Crippen LogP) is 3.50. The average Bonchev–Trinajstić information content (AvgIpc) is 2.80. The lowest BCUT2D eigenvalue weighted by molar-refractivity contribution is 0.0701. The molecule has 0 fully saturated rings. The number of amides is 1. The maximum Gasteiger partial charge on any atom is 0.347 e. The molecule has 2 aromatic rings. The molecule has 2 N–H and O–H groups in total. The fourth-order valence-corrected chi connectivity index (χ4v) is 3.09. The number of rotatable bonds is 4. The zero-order valence-electron chi connectivity index (χ0n) is 10.8. The smallest absolute Gasteiger partial charge is 0.347 e. The van der Waals surface area contributed by atoms with Gasteiger partial charge >= 0.3 is 5.97 Å². The summed E-state index contributed by atoms with van der Waals surface area (Å²) in [6, 6.07) is 4.91. The molecular weight excluding hydrogens is 380 g/mol. The van der Waals surface area contributed by atoms with Crippen LogP contribution in [0.2, 0.25) is 5.02 Å². The number of carboxylic acid groups (broad SMARTS) is 1. The highest BCUT2D eigenvalue weighted by atomic mass is 79.9. The first kappa shape index (κ1) is 15.9. The van der Waals surface area contributed by atoms with Gasteiger partial charge in [0, 0.05) is 9.50 Å². The molecule has 1 amide bonds. The highest BCUT2D eigenvalue weighted by Crippen LogP contribution is 2.22. The van der Waals surface area contributed by atoms with E-state index in [1.54, 1.807) is 25.1 Å². The van der Waals surface area contributed by atoms with Crippen LogP contribution in [0.3, 0.4) is 0 Å². The van der Waals surface area contributed by atoms with Gasteiger partial charge in [0.2, 0.25) is 0 Å². The number of hydrogen-bond acceptors (Lipinski definition) is 4. The summed E-state index contributed by atoms with van der Waals surface area (Å²) in [6.45, 7) is 1.79. The molecular formula is C13H10BrClN2O3S. The Balaban J connectivity index is 2.09. The Morgan fingerprint density at radius 1 is 1.48 bits per heavy atom. The van der Waals surface area contributed by atoms with Crippen molar-refractivity contribution < 1.29 is 14.7 Å². The largest absolute Gasteiger partial charge is 0.477 e. The molecule has 0 aliphatic rings. The van der Waals surface area contributed by atoms with Crippen LogP contribution >= 0.6 is 38.9 Å². The summed E-state index contributed by atoms with van der Waals surface area (Å²) >= 11 is 10.2. The predicted molar refractivity (Wildman–Crippen MR) is 84.1 cm³/mol. The first-order valence-corrected chi connectivity index (χ1v) is 7.80. The Hall–Kier alpha value is -1.44. The second-order valence-corrected chi connectivity index (χ2v) is 6.51. The van der Waals surface area contributed by atoms with E-state index in [0.29, 0.717) is 25.8 Å². The van der Waals surface area contributed by atoms with Crippen LogP contribution in [0.4, 0.5) is 0 Å². The molecule has 0 aliphatic carbocycles. The van der Waals surface area contributed by atoms with E-state index in [9.17, 15) is 9.59 Å². The molecule has 21 heavy (non-hydrogen) atoms. The number of benzene rings is 1. The van der Waals surface area contributed by atoms with Crippen molar-refractivity contribution in [1.82, 2.24) is 10.3 Å². The molecule has 2 rings (SSSR count). The fourth-order valence-electron chi connectivity index (χ4n) is 1.65. The number of aromatic nitrogens is 1. The van der Waals surface area contributed by atoms with Crippen molar-refractivity contribution in [3.63, 3.8) is 0 Å². The van der Waals surface area contributed by atoms with Gasteiger partial charge in [-0.15, -0.1) is 11.3 Å². The van der Waals surface area contributed by atoms with Crippen LogP contribution in [0.25, 0.3) is 0 Å². The van der Waals surface area contributed by atoms with E-state index in [0.717, 1.165) is 11.3 Å². The van der Waals surface area contributed by atoms with Gasteiger partial charge in [0.05, 0.1) is 17.8 Å². The average molecular weight is 390 g/mol. The molecule has 0 bridgehead atoms. The zero-order valence-corrected chi connectivity index (χ0v) is 14.0. The molecule has 1 aromatic carbocycles. The summed E-state index contributed by atoms with van der Waals surface area (Å²) in [6.07, 6.45) is 0. The van der Waals surface area contributed by atoms with Crippen molar-refractivity contribution in [2.45, 2.75) is 13.5 Å². The Bertz CT molecular complexity index is 717. The van der Waals surface area contributed by atoms with Crippen molar-refractivity contribution >= 4 is 50.7 Å². The standard InChI is InChI=1S/C13H10BrClN2O3S/c1-6-11(13(19)20)21-10(17-6)5-16-12(18)8-4-7(15)2-3-9(8)14/h2-4H,5H2,1H3,(H,16,18)(H,19,20). The van der Waals surface area contributed by atoms with Crippen molar-refractivity contribution in [3.8, 4) is 0 Å². The number of hydrogen-bond donors (Lipinski definition) is 2. The Morgan fingerprint density at radius 2 is 2.19 bits per heavy atom. The minimum absolute atomic E-state index is 0.163. The van der Waals surface area contributed by atoms with Crippen LogP contribution in [0.1, 0.15) is 30.7 Å². The van der Waals surface area contributed by atoms with Crippen LogP contribution in [-0.4, -0.2) is 22.0 Å². The summed E-state index contributed by atoms with van der Waals surface area (Å²) < 4.78 is 0.631. The Morgan fingerprint density at radius 3 is 2.81 bits per heavy atom. The van der Waals surface area contributed by atoms with Gasteiger partial charge in [0.15, 0.2) is 0 Å². The lowest BCUT2D eigenvalue weighted by Crippen LogP contribution is -2.23. The van der Waals surface area contributed by atoms with Gasteiger partial charge in [-0.3, -0.25) is 4.79 Å². The summed E-state index contributed by atoms with van der Waals surface area (Å²) in [4.78, 5) is 27.3. The zero-order chi connectivity index (χ0) is 15.6. The number of nitrogens with zero attached hydrogens (tertiary/aromatic N) is 1. The Labute approximate surface area is 138 Å². The second kappa shape index (κ2) is 6.55. The third-order valence-electron chi connectivity index (χ3n) is 2.61. The number of carbonyl (C=O) groups is 2. The molecule has 8 heteroatoms. The molecule has 0 saturated carbocycles. The second-order valence-electron chi connectivity index (χ2n) is 4.13. The third kappa shape index (κ3) is 3.81. The van der Waals surface area contributed by atoms with Gasteiger partial charge in [0.25, 0.3) is 5.91 Å². The highest BCUT2D eigenvalue weighted by Gasteiger charge is 2.15. The molecule has 0 atom stereocenters. The van der Waals surface area contributed by atoms with E-state index in [4.69, 9.17) is 16.7 Å². The number of thiazole rings is 1. The van der Waals surface area contributed by atoms with Crippen LogP contribution in [0.15, 0.2) is 22.7 Å². The maximum atomic E-state index is 12.1. The van der Waals surface area contributed by atoms with E-state index < -0.39 is 5.97 Å². The van der Waals surface area contributed by atoms with Gasteiger partial charge in [-0.1, -0.05) is 11.6 Å². The molecule has 0 spiro atoms. The van der Waals surface area contributed by atoms with E-state index >= 15 is 0 Å². The minimum atomic E-state index is -1.01. The molecule has 110 valence electrons. The van der Waals surface area contributed by atoms with Crippen LogP contribution in [-0.2, 0) is 6.54 Å². The topological polar surface area (TPSA) is 79.3 Å². The van der Waals surface area contributed by atoms with Crippen molar-refractivity contribution in [1.29, 1.82) is 0 Å². The number of nitrogens with one attached hydrogen (secondary N) is 1. The summed E-state index contributed by atoms with van der Waals surface area (Å²) in [5, 5.41) is 12.7. The first-order valence-electron chi connectivity index (χ1n) is 5.81. The monoisotopic (exact) mass is 388 g/mol. The fraction of sp³-hybridized carbons (Fsp3) is 0.154. The number of aryl methyl sites for hydroxylation is 1. The molecule has 0 aliphatic heterocycles. The third-order valence-corrected chi connectivity index (χ3v) is 4.68. The quantitative estimate of drug-likeness (QED) is 0.839. The van der Waals surface area contributed by atoms with E-state index in [1.807, 2.05) is 0 Å². The van der Waals surface area contributed by atoms with Crippen LogP contribution in [0, 0.1) is 6.92 Å². The number of carbonyl (C=O) groups excluding carboxylic acids is 1. The summed E-state index contributed by atoms with van der Waals surface area (Å²) in [7, 11) is 0. The number of halogens is 2. The molecule has 1 aromatic heterocycles. The van der Waals surface area contributed by atoms with Gasteiger partial charge in [0.1, 0.15) is 9.88 Å². The van der Waals surface area contributed by atoms with Crippen molar-refractivity contribution in [2.75, 3.05) is 0 Å². The molecule has 0 unspecified atom stereocenters. The SMILES string of the molecule is Cc1nc(CNC(=O)c2cc(Cl)ccc2Br)sc1C(=O)O. The van der Waals surface area contributed by atoms with E-state index in [-0.39, 0.29) is 17.3 Å². The number of aromatic carboxylic acids is 1. The molecule has 0 radical (unpaired) electrons. The van der Waals surface area contributed by atoms with Gasteiger partial charge in [-0.05, 0) is 41.1 Å².